The number of nitrogens with one attached hydrogen (secondary N) is 1. The molecule has 1 aromatic carbocycles. The highest BCUT2D eigenvalue weighted by atomic mass is 35.5. The number of nitriles is 1. The third-order valence-electron chi connectivity index (χ3n) is 2.63. The van der Waals surface area contributed by atoms with Gasteiger partial charge in [0, 0.05) is 6.54 Å². The summed E-state index contributed by atoms with van der Waals surface area (Å²) in [5.41, 5.74) is 0.426. The first-order valence-electron chi connectivity index (χ1n) is 5.37. The van der Waals surface area contributed by atoms with Gasteiger partial charge in [0.05, 0.1) is 5.02 Å². The van der Waals surface area contributed by atoms with Crippen LogP contribution in [0.1, 0.15) is 18.4 Å². The van der Waals surface area contributed by atoms with Gasteiger partial charge in [-0.3, -0.25) is 0 Å². The SMILES string of the molecule is N#Cc1c(Cl)cccc1OC1CCCNC1. The molecule has 16 heavy (non-hydrogen) atoms. The molecule has 1 fully saturated rings. The molecular formula is C12H13ClN2O. The van der Waals surface area contributed by atoms with Crippen molar-refractivity contribution in [1.82, 2.24) is 5.32 Å². The number of benzene rings is 1. The van der Waals surface area contributed by atoms with Crippen molar-refractivity contribution in [2.24, 2.45) is 0 Å². The van der Waals surface area contributed by atoms with Gasteiger partial charge in [0.15, 0.2) is 0 Å². The van der Waals surface area contributed by atoms with Crippen LogP contribution in [0.15, 0.2) is 18.2 Å². The Hall–Kier alpha value is -1.24. The van der Waals surface area contributed by atoms with Crippen LogP contribution in [0.5, 0.6) is 5.75 Å². The smallest absolute Gasteiger partial charge is 0.139 e. The minimum Gasteiger partial charge on any atom is -0.488 e. The van der Waals surface area contributed by atoms with E-state index in [1.54, 1.807) is 18.2 Å². The number of halogens is 1. The molecule has 3 nitrogen and oxygen atoms in total. The molecule has 0 aromatic heterocycles. The highest BCUT2D eigenvalue weighted by molar-refractivity contribution is 6.31. The normalized spacial score (nSPS) is 20.1. The number of hydrogen-bond donors (Lipinski definition) is 1. The Morgan fingerprint density at radius 1 is 1.50 bits per heavy atom. The predicted molar refractivity (Wildman–Crippen MR) is 62.7 cm³/mol. The summed E-state index contributed by atoms with van der Waals surface area (Å²) in [5.74, 6) is 0.587. The van der Waals surface area contributed by atoms with Gasteiger partial charge in [0.1, 0.15) is 23.5 Å². The van der Waals surface area contributed by atoms with Crippen LogP contribution in [0.25, 0.3) is 0 Å². The summed E-state index contributed by atoms with van der Waals surface area (Å²) < 4.78 is 5.79. The number of rotatable bonds is 2. The lowest BCUT2D eigenvalue weighted by molar-refractivity contribution is 0.166. The molecule has 1 aliphatic rings. The standard InChI is InChI=1S/C12H13ClN2O/c13-11-4-1-5-12(10(11)7-14)16-9-3-2-6-15-8-9/h1,4-5,9,15H,2-3,6,8H2. The Morgan fingerprint density at radius 3 is 3.06 bits per heavy atom. The lowest BCUT2D eigenvalue weighted by Crippen LogP contribution is -2.37. The largest absolute Gasteiger partial charge is 0.488 e. The van der Waals surface area contributed by atoms with E-state index in [-0.39, 0.29) is 6.10 Å². The molecule has 1 aromatic rings. The van der Waals surface area contributed by atoms with Crippen LogP contribution in [-0.4, -0.2) is 19.2 Å². The molecule has 84 valence electrons. The Morgan fingerprint density at radius 2 is 2.38 bits per heavy atom. The monoisotopic (exact) mass is 236 g/mol. The van der Waals surface area contributed by atoms with Crippen molar-refractivity contribution in [3.63, 3.8) is 0 Å². The first kappa shape index (κ1) is 11.3. The summed E-state index contributed by atoms with van der Waals surface area (Å²) in [6, 6.07) is 7.37. The molecule has 0 bridgehead atoms. The van der Waals surface area contributed by atoms with Crippen molar-refractivity contribution in [2.75, 3.05) is 13.1 Å². The van der Waals surface area contributed by atoms with E-state index in [1.165, 1.54) is 0 Å². The second kappa shape index (κ2) is 5.20. The van der Waals surface area contributed by atoms with E-state index in [0.29, 0.717) is 16.3 Å². The maximum absolute atomic E-state index is 9.00. The Bertz CT molecular complexity index is 408. The van der Waals surface area contributed by atoms with Gasteiger partial charge in [-0.1, -0.05) is 17.7 Å². The summed E-state index contributed by atoms with van der Waals surface area (Å²) in [4.78, 5) is 0. The molecule has 0 radical (unpaired) electrons. The highest BCUT2D eigenvalue weighted by Crippen LogP contribution is 2.27. The topological polar surface area (TPSA) is 45.0 Å². The van der Waals surface area contributed by atoms with Gasteiger partial charge in [-0.2, -0.15) is 5.26 Å². The molecular weight excluding hydrogens is 224 g/mol. The van der Waals surface area contributed by atoms with E-state index in [9.17, 15) is 0 Å². The molecule has 2 rings (SSSR count). The van der Waals surface area contributed by atoms with Gasteiger partial charge in [-0.15, -0.1) is 0 Å². The van der Waals surface area contributed by atoms with Crippen LogP contribution >= 0.6 is 11.6 Å². The average molecular weight is 237 g/mol. The molecule has 1 atom stereocenters. The summed E-state index contributed by atoms with van der Waals surface area (Å²) in [7, 11) is 0. The second-order valence-electron chi connectivity index (χ2n) is 3.81. The third-order valence-corrected chi connectivity index (χ3v) is 2.95. The fraction of sp³-hybridized carbons (Fsp3) is 0.417. The average Bonchev–Trinajstić information content (AvgIpc) is 2.31. The van der Waals surface area contributed by atoms with Crippen molar-refractivity contribution < 1.29 is 4.74 Å². The molecule has 1 N–H and O–H groups in total. The second-order valence-corrected chi connectivity index (χ2v) is 4.22. The zero-order chi connectivity index (χ0) is 11.4. The van der Waals surface area contributed by atoms with E-state index in [2.05, 4.69) is 11.4 Å². The fourth-order valence-electron chi connectivity index (χ4n) is 1.81. The molecule has 1 saturated heterocycles. The van der Waals surface area contributed by atoms with Gasteiger partial charge in [0.25, 0.3) is 0 Å². The minimum absolute atomic E-state index is 0.138. The van der Waals surface area contributed by atoms with Crippen molar-refractivity contribution in [3.8, 4) is 11.8 Å². The maximum Gasteiger partial charge on any atom is 0.139 e. The molecule has 4 heteroatoms. The van der Waals surface area contributed by atoms with E-state index >= 15 is 0 Å². The van der Waals surface area contributed by atoms with Crippen molar-refractivity contribution in [1.29, 1.82) is 5.26 Å². The van der Waals surface area contributed by atoms with Crippen LogP contribution in [0.4, 0.5) is 0 Å². The maximum atomic E-state index is 9.00. The summed E-state index contributed by atoms with van der Waals surface area (Å²) in [6.07, 6.45) is 2.26. The third kappa shape index (κ3) is 2.46. The highest BCUT2D eigenvalue weighted by Gasteiger charge is 2.16. The molecule has 1 unspecified atom stereocenters. The van der Waals surface area contributed by atoms with E-state index in [4.69, 9.17) is 21.6 Å². The van der Waals surface area contributed by atoms with Crippen LogP contribution in [0, 0.1) is 11.3 Å². The zero-order valence-electron chi connectivity index (χ0n) is 8.87. The molecule has 0 spiro atoms. The number of hydrogen-bond acceptors (Lipinski definition) is 3. The van der Waals surface area contributed by atoms with Gasteiger partial charge >= 0.3 is 0 Å². The van der Waals surface area contributed by atoms with E-state index in [0.717, 1.165) is 25.9 Å². The number of piperidine rings is 1. The van der Waals surface area contributed by atoms with Crippen LogP contribution in [0.3, 0.4) is 0 Å². The Balaban J connectivity index is 2.14. The van der Waals surface area contributed by atoms with Crippen LogP contribution in [-0.2, 0) is 0 Å². The fourth-order valence-corrected chi connectivity index (χ4v) is 2.02. The molecule has 0 aliphatic carbocycles. The summed E-state index contributed by atoms with van der Waals surface area (Å²) in [6.45, 7) is 1.87. The van der Waals surface area contributed by atoms with Crippen LogP contribution in [0.2, 0.25) is 5.02 Å². The Labute approximate surface area is 100.0 Å². The summed E-state index contributed by atoms with van der Waals surface area (Å²) >= 11 is 5.93. The lowest BCUT2D eigenvalue weighted by Gasteiger charge is -2.24. The van der Waals surface area contributed by atoms with E-state index in [1.807, 2.05) is 0 Å². The van der Waals surface area contributed by atoms with Gasteiger partial charge in [-0.25, -0.2) is 0 Å². The van der Waals surface area contributed by atoms with Crippen molar-refractivity contribution >= 4 is 11.6 Å². The molecule has 0 amide bonds. The Kier molecular flexibility index (Phi) is 3.66. The minimum atomic E-state index is 0.138. The van der Waals surface area contributed by atoms with Crippen molar-refractivity contribution in [3.05, 3.63) is 28.8 Å². The zero-order valence-corrected chi connectivity index (χ0v) is 9.63. The van der Waals surface area contributed by atoms with Gasteiger partial charge in [-0.05, 0) is 31.5 Å². The summed E-state index contributed by atoms with van der Waals surface area (Å²) in [5, 5.41) is 12.7. The van der Waals surface area contributed by atoms with Gasteiger partial charge < -0.3 is 10.1 Å². The van der Waals surface area contributed by atoms with Crippen molar-refractivity contribution in [2.45, 2.75) is 18.9 Å². The molecule has 0 saturated carbocycles. The predicted octanol–water partition coefficient (Wildman–Crippen LogP) is 2.34. The van der Waals surface area contributed by atoms with E-state index < -0.39 is 0 Å². The quantitative estimate of drug-likeness (QED) is 0.857. The molecule has 1 heterocycles. The first-order valence-corrected chi connectivity index (χ1v) is 5.75. The lowest BCUT2D eigenvalue weighted by atomic mass is 10.1. The number of ether oxygens (including phenoxy) is 1. The first-order chi connectivity index (χ1) is 7.81. The number of nitrogens with zero attached hydrogens (tertiary/aromatic N) is 1. The van der Waals surface area contributed by atoms with Crippen LogP contribution < -0.4 is 10.1 Å². The molecule has 1 aliphatic heterocycles. The van der Waals surface area contributed by atoms with Gasteiger partial charge in [0.2, 0.25) is 0 Å².